The molecule has 0 atom stereocenters. The van der Waals surface area contributed by atoms with E-state index in [-0.39, 0.29) is 17.5 Å². The molecule has 0 saturated carbocycles. The predicted octanol–water partition coefficient (Wildman–Crippen LogP) is 2.63. The molecule has 0 aliphatic carbocycles. The molecule has 0 aromatic carbocycles. The Balaban J connectivity index is 1.67. The zero-order valence-electron chi connectivity index (χ0n) is 14.7. The Morgan fingerprint density at radius 3 is 2.62 bits per heavy atom. The summed E-state index contributed by atoms with van der Waals surface area (Å²) >= 11 is 0. The lowest BCUT2D eigenvalue weighted by molar-refractivity contribution is -0.116. The minimum atomic E-state index is -0.219. The maximum absolute atomic E-state index is 12.1. The molecule has 1 aliphatic heterocycles. The molecule has 132 valence electrons. The van der Waals surface area contributed by atoms with Crippen molar-refractivity contribution >= 4 is 18.0 Å². The van der Waals surface area contributed by atoms with E-state index in [9.17, 15) is 9.59 Å². The minimum Gasteiger partial charge on any atom is -0.472 e. The Bertz CT molecular complexity index is 565. The van der Waals surface area contributed by atoms with Gasteiger partial charge in [0, 0.05) is 36.8 Å². The van der Waals surface area contributed by atoms with E-state index >= 15 is 0 Å². The quantitative estimate of drug-likeness (QED) is 0.832. The van der Waals surface area contributed by atoms with Crippen molar-refractivity contribution in [2.75, 3.05) is 19.6 Å². The molecule has 1 aromatic rings. The number of nitrogens with one attached hydrogen (secondary N) is 2. The summed E-state index contributed by atoms with van der Waals surface area (Å²) in [5.41, 5.74) is 0.645. The molecule has 1 fully saturated rings. The molecule has 1 aliphatic rings. The van der Waals surface area contributed by atoms with Crippen molar-refractivity contribution in [2.24, 2.45) is 5.92 Å². The minimum absolute atomic E-state index is 0.00645. The smallest absolute Gasteiger partial charge is 0.317 e. The van der Waals surface area contributed by atoms with E-state index < -0.39 is 0 Å². The van der Waals surface area contributed by atoms with Crippen molar-refractivity contribution in [3.05, 3.63) is 30.2 Å². The highest BCUT2D eigenvalue weighted by Gasteiger charge is 2.25. The van der Waals surface area contributed by atoms with Gasteiger partial charge in [-0.15, -0.1) is 0 Å². The molecule has 1 saturated heterocycles. The first-order valence-electron chi connectivity index (χ1n) is 8.39. The third-order valence-corrected chi connectivity index (χ3v) is 3.92. The fraction of sp³-hybridized carbons (Fsp3) is 0.556. The zero-order chi connectivity index (χ0) is 17.6. The summed E-state index contributed by atoms with van der Waals surface area (Å²) in [5, 5.41) is 5.91. The SMILES string of the molecule is CC(C)(C)NC(=O)N1CCC(CNC(=O)C=Cc2ccoc2)CC1. The lowest BCUT2D eigenvalue weighted by atomic mass is 9.97. The van der Waals surface area contributed by atoms with Gasteiger partial charge in [-0.05, 0) is 51.7 Å². The van der Waals surface area contributed by atoms with Gasteiger partial charge in [-0.1, -0.05) is 0 Å². The Labute approximate surface area is 143 Å². The van der Waals surface area contributed by atoms with Crippen LogP contribution in [-0.2, 0) is 4.79 Å². The van der Waals surface area contributed by atoms with E-state index in [0.717, 1.165) is 31.5 Å². The number of hydrogen-bond donors (Lipinski definition) is 2. The number of likely N-dealkylation sites (tertiary alicyclic amines) is 1. The average molecular weight is 333 g/mol. The maximum atomic E-state index is 12.1. The number of piperidine rings is 1. The van der Waals surface area contributed by atoms with Gasteiger partial charge in [-0.3, -0.25) is 4.79 Å². The van der Waals surface area contributed by atoms with Crippen LogP contribution in [-0.4, -0.2) is 42.0 Å². The lowest BCUT2D eigenvalue weighted by Crippen LogP contribution is -2.51. The van der Waals surface area contributed by atoms with Crippen LogP contribution in [0.3, 0.4) is 0 Å². The molecule has 3 amide bonds. The van der Waals surface area contributed by atoms with Crippen LogP contribution in [0, 0.1) is 5.92 Å². The van der Waals surface area contributed by atoms with E-state index in [4.69, 9.17) is 4.42 Å². The van der Waals surface area contributed by atoms with Crippen LogP contribution < -0.4 is 10.6 Å². The highest BCUT2D eigenvalue weighted by atomic mass is 16.3. The number of rotatable bonds is 4. The van der Waals surface area contributed by atoms with Crippen LogP contribution in [0.5, 0.6) is 0 Å². The second-order valence-electron chi connectivity index (χ2n) is 7.25. The first-order valence-corrected chi connectivity index (χ1v) is 8.39. The number of nitrogens with zero attached hydrogens (tertiary/aromatic N) is 1. The van der Waals surface area contributed by atoms with Crippen LogP contribution in [0.2, 0.25) is 0 Å². The summed E-state index contributed by atoms with van der Waals surface area (Å²) in [6.07, 6.45) is 8.20. The molecular weight excluding hydrogens is 306 g/mol. The number of carbonyl (C=O) groups is 2. The van der Waals surface area contributed by atoms with Crippen LogP contribution in [0.15, 0.2) is 29.1 Å². The van der Waals surface area contributed by atoms with Crippen LogP contribution in [0.4, 0.5) is 4.79 Å². The number of hydrogen-bond acceptors (Lipinski definition) is 3. The first kappa shape index (κ1) is 18.1. The fourth-order valence-corrected chi connectivity index (χ4v) is 2.59. The molecule has 2 rings (SSSR count). The van der Waals surface area contributed by atoms with Crippen molar-refractivity contribution in [3.63, 3.8) is 0 Å². The van der Waals surface area contributed by atoms with Gasteiger partial charge in [0.15, 0.2) is 0 Å². The molecule has 1 aromatic heterocycles. The third-order valence-electron chi connectivity index (χ3n) is 3.92. The Kier molecular flexibility index (Phi) is 6.06. The largest absolute Gasteiger partial charge is 0.472 e. The molecule has 24 heavy (non-hydrogen) atoms. The van der Waals surface area contributed by atoms with E-state index in [0.29, 0.717) is 12.5 Å². The van der Waals surface area contributed by atoms with Gasteiger partial charge in [0.25, 0.3) is 0 Å². The van der Waals surface area contributed by atoms with E-state index in [1.54, 1.807) is 24.7 Å². The summed E-state index contributed by atoms with van der Waals surface area (Å²) in [6, 6.07) is 1.79. The first-order chi connectivity index (χ1) is 11.3. The van der Waals surface area contributed by atoms with Crippen LogP contribution in [0.25, 0.3) is 6.08 Å². The molecule has 2 N–H and O–H groups in total. The Morgan fingerprint density at radius 1 is 1.33 bits per heavy atom. The van der Waals surface area contributed by atoms with Gasteiger partial charge in [-0.25, -0.2) is 4.79 Å². The third kappa shape index (κ3) is 6.10. The van der Waals surface area contributed by atoms with Crippen molar-refractivity contribution in [1.82, 2.24) is 15.5 Å². The van der Waals surface area contributed by atoms with Gasteiger partial charge in [0.2, 0.25) is 5.91 Å². The topological polar surface area (TPSA) is 74.6 Å². The maximum Gasteiger partial charge on any atom is 0.317 e. The van der Waals surface area contributed by atoms with Crippen molar-refractivity contribution < 1.29 is 14.0 Å². The Morgan fingerprint density at radius 2 is 2.04 bits per heavy atom. The molecule has 6 heteroatoms. The standard InChI is InChI=1S/C18H27N3O3/c1-18(2,3)20-17(23)21-9-6-14(7-10-21)12-19-16(22)5-4-15-8-11-24-13-15/h4-5,8,11,13-14H,6-7,9-10,12H2,1-3H3,(H,19,22)(H,20,23). The average Bonchev–Trinajstić information content (AvgIpc) is 3.03. The normalized spacial score (nSPS) is 16.4. The number of carbonyl (C=O) groups excluding carboxylic acids is 2. The molecule has 0 bridgehead atoms. The number of urea groups is 1. The summed E-state index contributed by atoms with van der Waals surface area (Å²) in [6.45, 7) is 8.03. The lowest BCUT2D eigenvalue weighted by Gasteiger charge is -2.34. The van der Waals surface area contributed by atoms with Gasteiger partial charge < -0.3 is 20.0 Å². The second kappa shape index (κ2) is 8.04. The molecule has 0 radical (unpaired) electrons. The molecular formula is C18H27N3O3. The van der Waals surface area contributed by atoms with Gasteiger partial charge in [0.05, 0.1) is 12.5 Å². The van der Waals surface area contributed by atoms with E-state index in [2.05, 4.69) is 10.6 Å². The summed E-state index contributed by atoms with van der Waals surface area (Å²) in [4.78, 5) is 25.8. The second-order valence-corrected chi connectivity index (χ2v) is 7.25. The van der Waals surface area contributed by atoms with Crippen molar-refractivity contribution in [3.8, 4) is 0 Å². The fourth-order valence-electron chi connectivity index (χ4n) is 2.59. The van der Waals surface area contributed by atoms with Crippen molar-refractivity contribution in [2.45, 2.75) is 39.2 Å². The molecule has 6 nitrogen and oxygen atoms in total. The highest BCUT2D eigenvalue weighted by molar-refractivity contribution is 5.91. The monoisotopic (exact) mass is 333 g/mol. The number of furan rings is 1. The summed E-state index contributed by atoms with van der Waals surface area (Å²) in [5.74, 6) is 0.305. The van der Waals surface area contributed by atoms with Crippen LogP contribution >= 0.6 is 0 Å². The molecule has 0 spiro atoms. The highest BCUT2D eigenvalue weighted by Crippen LogP contribution is 2.17. The van der Waals surface area contributed by atoms with E-state index in [1.807, 2.05) is 25.7 Å². The van der Waals surface area contributed by atoms with Crippen LogP contribution in [0.1, 0.15) is 39.2 Å². The summed E-state index contributed by atoms with van der Waals surface area (Å²) in [7, 11) is 0. The van der Waals surface area contributed by atoms with Gasteiger partial charge >= 0.3 is 6.03 Å². The Hall–Kier alpha value is -2.24. The van der Waals surface area contributed by atoms with Crippen molar-refractivity contribution in [1.29, 1.82) is 0 Å². The zero-order valence-corrected chi connectivity index (χ0v) is 14.7. The predicted molar refractivity (Wildman–Crippen MR) is 93.3 cm³/mol. The molecule has 0 unspecified atom stereocenters. The molecule has 2 heterocycles. The van der Waals surface area contributed by atoms with E-state index in [1.165, 1.54) is 6.08 Å². The number of amides is 3. The van der Waals surface area contributed by atoms with Gasteiger partial charge in [0.1, 0.15) is 0 Å². The summed E-state index contributed by atoms with van der Waals surface area (Å²) < 4.78 is 4.94. The van der Waals surface area contributed by atoms with Gasteiger partial charge in [-0.2, -0.15) is 0 Å².